The van der Waals surface area contributed by atoms with Crippen molar-refractivity contribution in [2.75, 3.05) is 25.5 Å². The molecule has 1 aliphatic heterocycles. The van der Waals surface area contributed by atoms with Gasteiger partial charge in [-0.1, -0.05) is 29.8 Å². The number of fused-ring (bicyclic) bond motifs is 1. The normalized spacial score (nSPS) is 14.3. The average molecular weight is 351 g/mol. The number of urea groups is 1. The number of hydrogen-bond donors (Lipinski definition) is 2. The van der Waals surface area contributed by atoms with Crippen molar-refractivity contribution in [1.29, 1.82) is 0 Å². The molecule has 0 fully saturated rings. The van der Waals surface area contributed by atoms with Gasteiger partial charge in [0.1, 0.15) is 0 Å². The number of nitrogens with zero attached hydrogens (tertiary/aromatic N) is 2. The Bertz CT molecular complexity index is 703. The Morgan fingerprint density at radius 1 is 1.43 bits per heavy atom. The molecule has 2 amide bonds. The van der Waals surface area contributed by atoms with Crippen molar-refractivity contribution in [1.82, 2.24) is 15.2 Å². The van der Waals surface area contributed by atoms with Gasteiger partial charge in [-0.15, -0.1) is 11.3 Å². The third kappa shape index (κ3) is 4.22. The highest BCUT2D eigenvalue weighted by Gasteiger charge is 2.18. The lowest BCUT2D eigenvalue weighted by Gasteiger charge is -2.20. The van der Waals surface area contributed by atoms with Crippen molar-refractivity contribution in [2.24, 2.45) is 0 Å². The van der Waals surface area contributed by atoms with Gasteiger partial charge in [-0.2, -0.15) is 0 Å². The summed E-state index contributed by atoms with van der Waals surface area (Å²) in [5.74, 6) is 0. The Kier molecular flexibility index (Phi) is 5.15. The second kappa shape index (κ2) is 7.29. The molecule has 23 heavy (non-hydrogen) atoms. The molecule has 0 unspecified atom stereocenters. The van der Waals surface area contributed by atoms with E-state index >= 15 is 0 Å². The lowest BCUT2D eigenvalue weighted by molar-refractivity contribution is 0.252. The van der Waals surface area contributed by atoms with Crippen molar-refractivity contribution in [2.45, 2.75) is 19.4 Å². The summed E-state index contributed by atoms with van der Waals surface area (Å²) in [6, 6.07) is 7.43. The summed E-state index contributed by atoms with van der Waals surface area (Å²) in [6.45, 7) is 2.45. The zero-order chi connectivity index (χ0) is 16.2. The van der Waals surface area contributed by atoms with Crippen molar-refractivity contribution in [3.8, 4) is 0 Å². The molecule has 0 spiro atoms. The third-order valence-corrected chi connectivity index (χ3v) is 5.15. The number of carbonyl (C=O) groups is 1. The van der Waals surface area contributed by atoms with Crippen LogP contribution >= 0.6 is 22.9 Å². The van der Waals surface area contributed by atoms with E-state index in [1.54, 1.807) is 11.3 Å². The predicted octanol–water partition coefficient (Wildman–Crippen LogP) is 3.15. The first-order chi connectivity index (χ1) is 11.1. The topological polar surface area (TPSA) is 57.3 Å². The zero-order valence-corrected chi connectivity index (χ0v) is 14.5. The molecule has 1 aliphatic rings. The number of anilines is 1. The molecular formula is C16H19ClN4OS. The van der Waals surface area contributed by atoms with Crippen LogP contribution in [0.3, 0.4) is 0 Å². The Morgan fingerprint density at radius 3 is 3.09 bits per heavy atom. The van der Waals surface area contributed by atoms with Gasteiger partial charge < -0.3 is 10.2 Å². The highest BCUT2D eigenvalue weighted by atomic mass is 35.5. The fourth-order valence-electron chi connectivity index (χ4n) is 2.53. The van der Waals surface area contributed by atoms with Crippen LogP contribution in [0.25, 0.3) is 0 Å². The molecule has 0 bridgehead atoms. The van der Waals surface area contributed by atoms with Gasteiger partial charge in [0.2, 0.25) is 0 Å². The summed E-state index contributed by atoms with van der Waals surface area (Å²) in [6.07, 6.45) is 1.64. The van der Waals surface area contributed by atoms with Crippen LogP contribution in [0.5, 0.6) is 0 Å². The number of thiazole rings is 1. The summed E-state index contributed by atoms with van der Waals surface area (Å²) in [7, 11) is 2.09. The highest BCUT2D eigenvalue weighted by Crippen LogP contribution is 2.27. The maximum atomic E-state index is 12.0. The molecule has 0 saturated heterocycles. The Hall–Kier alpha value is -1.63. The van der Waals surface area contributed by atoms with Crippen LogP contribution in [0.2, 0.25) is 5.02 Å². The molecule has 2 aromatic rings. The number of aromatic nitrogens is 1. The molecular weight excluding hydrogens is 332 g/mol. The second-order valence-electron chi connectivity index (χ2n) is 5.60. The molecule has 3 rings (SSSR count). The van der Waals surface area contributed by atoms with Gasteiger partial charge in [-0.05, 0) is 25.1 Å². The first-order valence-electron chi connectivity index (χ1n) is 7.57. The van der Waals surface area contributed by atoms with E-state index in [1.165, 1.54) is 4.88 Å². The van der Waals surface area contributed by atoms with E-state index in [0.29, 0.717) is 18.1 Å². The molecule has 5 nitrogen and oxygen atoms in total. The van der Waals surface area contributed by atoms with E-state index in [1.807, 2.05) is 24.3 Å². The second-order valence-corrected chi connectivity index (χ2v) is 7.09. The molecule has 0 radical (unpaired) electrons. The smallest absolute Gasteiger partial charge is 0.321 e. The number of halogens is 1. The molecule has 2 heterocycles. The molecule has 0 aliphatic carbocycles. The van der Waals surface area contributed by atoms with Gasteiger partial charge in [0.25, 0.3) is 0 Å². The maximum absolute atomic E-state index is 12.0. The standard InChI is InChI=1S/C16H19ClN4OS/c1-21-9-7-13-14(10-21)23-16(19-13)20-15(22)18-8-6-11-4-2-3-5-12(11)17/h2-5H,6-10H2,1H3,(H2,18,19,20,22). The molecule has 2 N–H and O–H groups in total. The summed E-state index contributed by atoms with van der Waals surface area (Å²) in [4.78, 5) is 20.0. The molecule has 1 aromatic carbocycles. The van der Waals surface area contributed by atoms with Crippen LogP contribution in [0.15, 0.2) is 24.3 Å². The molecule has 7 heteroatoms. The van der Waals surface area contributed by atoms with Crippen LogP contribution in [0.4, 0.5) is 9.93 Å². The molecule has 1 aromatic heterocycles. The number of rotatable bonds is 4. The van der Waals surface area contributed by atoms with Crippen molar-refractivity contribution in [3.63, 3.8) is 0 Å². The van der Waals surface area contributed by atoms with Crippen LogP contribution in [-0.4, -0.2) is 36.1 Å². The number of amides is 2. The zero-order valence-electron chi connectivity index (χ0n) is 12.9. The highest BCUT2D eigenvalue weighted by molar-refractivity contribution is 7.15. The SMILES string of the molecule is CN1CCc2nc(NC(=O)NCCc3ccccc3Cl)sc2C1. The van der Waals surface area contributed by atoms with Crippen LogP contribution in [0.1, 0.15) is 16.1 Å². The van der Waals surface area contributed by atoms with Crippen molar-refractivity contribution in [3.05, 3.63) is 45.4 Å². The van der Waals surface area contributed by atoms with Crippen molar-refractivity contribution < 1.29 is 4.79 Å². The van der Waals surface area contributed by atoms with Crippen LogP contribution in [0, 0.1) is 0 Å². The minimum Gasteiger partial charge on any atom is -0.337 e. The van der Waals surface area contributed by atoms with Crippen LogP contribution in [-0.2, 0) is 19.4 Å². The fourth-order valence-corrected chi connectivity index (χ4v) is 3.84. The Labute approximate surface area is 144 Å². The third-order valence-electron chi connectivity index (χ3n) is 3.78. The van der Waals surface area contributed by atoms with Crippen molar-refractivity contribution >= 4 is 34.1 Å². The van der Waals surface area contributed by atoms with Gasteiger partial charge in [0, 0.05) is 36.0 Å². The minimum atomic E-state index is -0.225. The number of hydrogen-bond acceptors (Lipinski definition) is 4. The quantitative estimate of drug-likeness (QED) is 0.890. The van der Waals surface area contributed by atoms with E-state index in [2.05, 4.69) is 27.6 Å². The van der Waals surface area contributed by atoms with E-state index in [0.717, 1.165) is 35.8 Å². The van der Waals surface area contributed by atoms with Gasteiger partial charge in [0.15, 0.2) is 5.13 Å². The van der Waals surface area contributed by atoms with E-state index < -0.39 is 0 Å². The molecule has 122 valence electrons. The monoisotopic (exact) mass is 350 g/mol. The Morgan fingerprint density at radius 2 is 2.26 bits per heavy atom. The van der Waals surface area contributed by atoms with Gasteiger partial charge >= 0.3 is 6.03 Å². The molecule has 0 saturated carbocycles. The summed E-state index contributed by atoms with van der Waals surface area (Å²) in [5.41, 5.74) is 2.14. The Balaban J connectivity index is 1.49. The fraction of sp³-hybridized carbons (Fsp3) is 0.375. The summed E-state index contributed by atoms with van der Waals surface area (Å²) >= 11 is 7.65. The minimum absolute atomic E-state index is 0.225. The van der Waals surface area contributed by atoms with Gasteiger partial charge in [-0.25, -0.2) is 9.78 Å². The first-order valence-corrected chi connectivity index (χ1v) is 8.76. The maximum Gasteiger partial charge on any atom is 0.321 e. The van der Waals surface area contributed by atoms with Gasteiger partial charge in [0.05, 0.1) is 5.69 Å². The van der Waals surface area contributed by atoms with E-state index in [4.69, 9.17) is 11.6 Å². The average Bonchev–Trinajstić information content (AvgIpc) is 2.90. The molecule has 0 atom stereocenters. The summed E-state index contributed by atoms with van der Waals surface area (Å²) < 4.78 is 0. The number of carbonyl (C=O) groups excluding carboxylic acids is 1. The lowest BCUT2D eigenvalue weighted by Crippen LogP contribution is -2.30. The van der Waals surface area contributed by atoms with Gasteiger partial charge in [-0.3, -0.25) is 5.32 Å². The van der Waals surface area contributed by atoms with E-state index in [-0.39, 0.29) is 6.03 Å². The largest absolute Gasteiger partial charge is 0.337 e. The van der Waals surface area contributed by atoms with E-state index in [9.17, 15) is 4.79 Å². The summed E-state index contributed by atoms with van der Waals surface area (Å²) in [5, 5.41) is 7.06. The number of likely N-dealkylation sites (N-methyl/N-ethyl adjacent to an activating group) is 1. The lowest BCUT2D eigenvalue weighted by atomic mass is 10.1. The number of benzene rings is 1. The van der Waals surface area contributed by atoms with Crippen LogP contribution < -0.4 is 10.6 Å². The first kappa shape index (κ1) is 16.2. The predicted molar refractivity (Wildman–Crippen MR) is 94.3 cm³/mol. The number of nitrogens with one attached hydrogen (secondary N) is 2.